The summed E-state index contributed by atoms with van der Waals surface area (Å²) in [5.74, 6) is 0.0800. The number of methoxy groups -OCH3 is 1. The van der Waals surface area contributed by atoms with Gasteiger partial charge in [-0.05, 0) is 42.5 Å². The van der Waals surface area contributed by atoms with Crippen LogP contribution in [-0.4, -0.2) is 55.1 Å². The lowest BCUT2D eigenvalue weighted by molar-refractivity contribution is -0.165. The topological polar surface area (TPSA) is 68.2 Å². The number of rotatable bonds is 4. The van der Waals surface area contributed by atoms with Crippen LogP contribution in [0.2, 0.25) is 0 Å². The van der Waals surface area contributed by atoms with Crippen molar-refractivity contribution >= 4 is 22.3 Å². The van der Waals surface area contributed by atoms with E-state index in [1.165, 1.54) is 18.3 Å². The van der Waals surface area contributed by atoms with E-state index in [1.807, 2.05) is 4.90 Å². The molecule has 1 aliphatic carbocycles. The van der Waals surface area contributed by atoms with Crippen LogP contribution in [0.5, 0.6) is 11.5 Å². The van der Waals surface area contributed by atoms with Crippen molar-refractivity contribution in [3.8, 4) is 11.5 Å². The van der Waals surface area contributed by atoms with Crippen LogP contribution in [-0.2, 0) is 20.7 Å². The first-order valence-electron chi connectivity index (χ1n) is 9.30. The van der Waals surface area contributed by atoms with E-state index < -0.39 is 5.79 Å². The zero-order chi connectivity index (χ0) is 19.0. The zero-order valence-corrected chi connectivity index (χ0v) is 17.0. The van der Waals surface area contributed by atoms with Crippen LogP contribution in [0, 0.1) is 0 Å². The number of carbonyl (C=O) groups is 1. The average Bonchev–Trinajstić information content (AvgIpc) is 3.12. The van der Waals surface area contributed by atoms with Gasteiger partial charge in [-0.15, -0.1) is 0 Å². The highest BCUT2D eigenvalue weighted by molar-refractivity contribution is 9.10. The Hall–Kier alpha value is -1.57. The number of benzene rings is 1. The molecule has 1 aromatic rings. The van der Waals surface area contributed by atoms with Gasteiger partial charge >= 0.3 is 0 Å². The summed E-state index contributed by atoms with van der Waals surface area (Å²) >= 11 is 3.57. The monoisotopic (exact) mass is 437 g/mol. The SMILES string of the molecule is COc1cc(Br)c(CC2C3=C(CCN2C=O)CC2(CC3)OCCO2)cc1O. The van der Waals surface area contributed by atoms with E-state index in [0.29, 0.717) is 31.9 Å². The van der Waals surface area contributed by atoms with Crippen LogP contribution < -0.4 is 4.74 Å². The first-order chi connectivity index (χ1) is 13.0. The Labute approximate surface area is 167 Å². The minimum atomic E-state index is -0.453. The molecule has 1 N–H and O–H groups in total. The number of aromatic hydroxyl groups is 1. The molecule has 1 saturated heterocycles. The van der Waals surface area contributed by atoms with Crippen LogP contribution in [0.4, 0.5) is 0 Å². The van der Waals surface area contributed by atoms with E-state index in [-0.39, 0.29) is 11.8 Å². The molecule has 1 fully saturated rings. The molecule has 6 nitrogen and oxygen atoms in total. The molecular weight excluding hydrogens is 414 g/mol. The highest BCUT2D eigenvalue weighted by atomic mass is 79.9. The van der Waals surface area contributed by atoms with E-state index in [1.54, 1.807) is 12.1 Å². The van der Waals surface area contributed by atoms with Crippen LogP contribution in [0.3, 0.4) is 0 Å². The average molecular weight is 438 g/mol. The fourth-order valence-corrected chi connectivity index (χ4v) is 5.01. The normalized spacial score (nSPS) is 24.2. The van der Waals surface area contributed by atoms with Crippen molar-refractivity contribution < 1.29 is 24.1 Å². The summed E-state index contributed by atoms with van der Waals surface area (Å²) in [6.45, 7) is 2.01. The molecule has 0 radical (unpaired) electrons. The van der Waals surface area contributed by atoms with Gasteiger partial charge in [-0.25, -0.2) is 0 Å². The fourth-order valence-electron chi connectivity index (χ4n) is 4.53. The van der Waals surface area contributed by atoms with Crippen molar-refractivity contribution in [1.29, 1.82) is 0 Å². The van der Waals surface area contributed by atoms with Gasteiger partial charge < -0.3 is 24.2 Å². The molecule has 1 aromatic carbocycles. The summed E-state index contributed by atoms with van der Waals surface area (Å²) in [7, 11) is 1.53. The maximum Gasteiger partial charge on any atom is 0.210 e. The summed E-state index contributed by atoms with van der Waals surface area (Å²) in [5.41, 5.74) is 3.63. The molecule has 2 heterocycles. The van der Waals surface area contributed by atoms with Crippen molar-refractivity contribution in [2.75, 3.05) is 26.9 Å². The second-order valence-corrected chi connectivity index (χ2v) is 8.20. The number of hydrogen-bond donors (Lipinski definition) is 1. The molecule has 1 amide bonds. The molecule has 2 aliphatic heterocycles. The Morgan fingerprint density at radius 1 is 1.37 bits per heavy atom. The van der Waals surface area contributed by atoms with E-state index in [0.717, 1.165) is 42.1 Å². The lowest BCUT2D eigenvalue weighted by Gasteiger charge is -2.43. The largest absolute Gasteiger partial charge is 0.504 e. The molecule has 0 saturated carbocycles. The molecule has 0 aromatic heterocycles. The number of ether oxygens (including phenoxy) is 3. The second-order valence-electron chi connectivity index (χ2n) is 7.34. The predicted octanol–water partition coefficient (Wildman–Crippen LogP) is 3.16. The Kier molecular flexibility index (Phi) is 5.18. The Balaban J connectivity index is 1.63. The van der Waals surface area contributed by atoms with Crippen LogP contribution >= 0.6 is 15.9 Å². The van der Waals surface area contributed by atoms with Crippen molar-refractivity contribution in [2.45, 2.75) is 43.9 Å². The molecular formula is C20H24BrNO5. The van der Waals surface area contributed by atoms with Crippen molar-refractivity contribution in [1.82, 2.24) is 4.90 Å². The number of phenols is 1. The molecule has 1 atom stereocenters. The summed E-state index contributed by atoms with van der Waals surface area (Å²) in [4.78, 5) is 13.6. The molecule has 1 spiro atoms. The van der Waals surface area contributed by atoms with Crippen molar-refractivity contribution in [3.63, 3.8) is 0 Å². The van der Waals surface area contributed by atoms with Gasteiger partial charge in [0.25, 0.3) is 0 Å². The number of hydrogen-bond acceptors (Lipinski definition) is 5. The molecule has 0 bridgehead atoms. The minimum absolute atomic E-state index is 0.00546. The Morgan fingerprint density at radius 3 is 2.85 bits per heavy atom. The summed E-state index contributed by atoms with van der Waals surface area (Å²) in [5, 5.41) is 10.2. The van der Waals surface area contributed by atoms with Gasteiger partial charge in [0.2, 0.25) is 6.41 Å². The lowest BCUT2D eigenvalue weighted by atomic mass is 9.78. The minimum Gasteiger partial charge on any atom is -0.504 e. The van der Waals surface area contributed by atoms with Gasteiger partial charge in [-0.3, -0.25) is 4.79 Å². The van der Waals surface area contributed by atoms with Gasteiger partial charge in [-0.2, -0.15) is 0 Å². The summed E-state index contributed by atoms with van der Waals surface area (Å²) in [6, 6.07) is 3.48. The van der Waals surface area contributed by atoms with E-state index in [2.05, 4.69) is 15.9 Å². The van der Waals surface area contributed by atoms with Crippen molar-refractivity contribution in [3.05, 3.63) is 33.3 Å². The first-order valence-corrected chi connectivity index (χ1v) is 10.1. The van der Waals surface area contributed by atoms with Gasteiger partial charge in [0, 0.05) is 23.9 Å². The van der Waals surface area contributed by atoms with Crippen LogP contribution in [0.25, 0.3) is 0 Å². The molecule has 7 heteroatoms. The van der Waals surface area contributed by atoms with Gasteiger partial charge in [0.15, 0.2) is 17.3 Å². The molecule has 1 unspecified atom stereocenters. The molecule has 27 heavy (non-hydrogen) atoms. The highest BCUT2D eigenvalue weighted by Crippen LogP contribution is 2.44. The lowest BCUT2D eigenvalue weighted by Crippen LogP contribution is -2.46. The Morgan fingerprint density at radius 2 is 2.15 bits per heavy atom. The van der Waals surface area contributed by atoms with E-state index in [9.17, 15) is 9.90 Å². The van der Waals surface area contributed by atoms with Crippen LogP contribution in [0.1, 0.15) is 31.2 Å². The summed E-state index contributed by atoms with van der Waals surface area (Å²) in [6.07, 6.45) is 4.94. The van der Waals surface area contributed by atoms with E-state index >= 15 is 0 Å². The maximum atomic E-state index is 11.7. The number of carbonyl (C=O) groups excluding carboxylic acids is 1. The third-order valence-electron chi connectivity index (χ3n) is 5.90. The predicted molar refractivity (Wildman–Crippen MR) is 103 cm³/mol. The summed E-state index contributed by atoms with van der Waals surface area (Å²) < 4.78 is 17.8. The third kappa shape index (κ3) is 3.48. The van der Waals surface area contributed by atoms with Crippen LogP contribution in [0.15, 0.2) is 27.8 Å². The maximum absolute atomic E-state index is 11.7. The van der Waals surface area contributed by atoms with Gasteiger partial charge in [-0.1, -0.05) is 21.5 Å². The van der Waals surface area contributed by atoms with Gasteiger partial charge in [0.1, 0.15) is 0 Å². The molecule has 3 aliphatic rings. The number of halogens is 1. The standard InChI is InChI=1S/C20H24BrNO5/c1-25-19-10-16(21)14(9-18(19)24)8-17-15-2-4-20(26-6-7-27-20)11-13(15)3-5-22(17)12-23/h9-10,12,17,24H,2-8,11H2,1H3. The molecule has 4 rings (SSSR count). The van der Waals surface area contributed by atoms with Gasteiger partial charge in [0.05, 0.1) is 26.4 Å². The molecule has 146 valence electrons. The Bertz CT molecular complexity index is 772. The second kappa shape index (κ2) is 7.45. The van der Waals surface area contributed by atoms with E-state index in [4.69, 9.17) is 14.2 Å². The first kappa shape index (κ1) is 18.8. The number of phenolic OH excluding ortho intramolecular Hbond substituents is 1. The fraction of sp³-hybridized carbons (Fsp3) is 0.550. The number of nitrogens with zero attached hydrogens (tertiary/aromatic N) is 1. The zero-order valence-electron chi connectivity index (χ0n) is 15.4. The third-order valence-corrected chi connectivity index (χ3v) is 6.63. The smallest absolute Gasteiger partial charge is 0.210 e. The quantitative estimate of drug-likeness (QED) is 0.578. The highest BCUT2D eigenvalue weighted by Gasteiger charge is 2.43. The number of amides is 1. The van der Waals surface area contributed by atoms with Crippen molar-refractivity contribution in [2.24, 2.45) is 0 Å².